The molecule has 0 unspecified atom stereocenters. The predicted molar refractivity (Wildman–Crippen MR) is 89.9 cm³/mol. The fourth-order valence-corrected chi connectivity index (χ4v) is 4.03. The second kappa shape index (κ2) is 6.33. The van der Waals surface area contributed by atoms with Crippen molar-refractivity contribution >= 4 is 11.9 Å². The largest absolute Gasteiger partial charge is 0.487 e. The number of hydrogen-bond acceptors (Lipinski definition) is 4. The zero-order valence-corrected chi connectivity index (χ0v) is 14.7. The van der Waals surface area contributed by atoms with Crippen molar-refractivity contribution in [1.29, 1.82) is 0 Å². The van der Waals surface area contributed by atoms with Crippen molar-refractivity contribution in [3.8, 4) is 5.75 Å². The molecule has 1 fully saturated rings. The van der Waals surface area contributed by atoms with Crippen molar-refractivity contribution in [2.75, 3.05) is 0 Å². The first-order valence-electron chi connectivity index (χ1n) is 8.69. The second-order valence-corrected chi connectivity index (χ2v) is 7.43. The highest BCUT2D eigenvalue weighted by Gasteiger charge is 2.51. The van der Waals surface area contributed by atoms with Crippen LogP contribution in [-0.2, 0) is 9.53 Å². The highest BCUT2D eigenvalue weighted by molar-refractivity contribution is 5.88. The van der Waals surface area contributed by atoms with Gasteiger partial charge >= 0.3 is 11.9 Å². The van der Waals surface area contributed by atoms with Crippen LogP contribution in [0.2, 0.25) is 0 Å². The van der Waals surface area contributed by atoms with Crippen molar-refractivity contribution in [1.82, 2.24) is 0 Å². The third-order valence-corrected chi connectivity index (χ3v) is 5.36. The summed E-state index contributed by atoms with van der Waals surface area (Å²) < 4.78 is 12.3. The number of carboxylic acid groups (broad SMARTS) is 2. The zero-order chi connectivity index (χ0) is 18.4. The van der Waals surface area contributed by atoms with E-state index in [1.165, 1.54) is 6.07 Å². The molecule has 2 heterocycles. The first kappa shape index (κ1) is 17.7. The van der Waals surface area contributed by atoms with Gasteiger partial charge in [0.05, 0.1) is 23.7 Å². The molecule has 3 rings (SSSR count). The van der Waals surface area contributed by atoms with E-state index in [-0.39, 0.29) is 23.7 Å². The fourth-order valence-electron chi connectivity index (χ4n) is 4.03. The van der Waals surface area contributed by atoms with E-state index in [4.69, 9.17) is 9.47 Å². The maximum Gasteiger partial charge on any atom is 0.335 e. The average molecular weight is 348 g/mol. The predicted octanol–water partition coefficient (Wildman–Crippen LogP) is 3.50. The lowest BCUT2D eigenvalue weighted by atomic mass is 9.71. The van der Waals surface area contributed by atoms with Crippen LogP contribution in [0.1, 0.15) is 62.1 Å². The molecular weight excluding hydrogens is 324 g/mol. The number of hydrogen-bond donors (Lipinski definition) is 2. The molecule has 0 spiro atoms. The first-order valence-corrected chi connectivity index (χ1v) is 8.69. The Balaban J connectivity index is 2.04. The van der Waals surface area contributed by atoms with Gasteiger partial charge in [0.2, 0.25) is 0 Å². The number of fused-ring (bicyclic) bond motifs is 3. The van der Waals surface area contributed by atoms with Gasteiger partial charge in [0.25, 0.3) is 0 Å². The van der Waals surface area contributed by atoms with Crippen LogP contribution < -0.4 is 4.74 Å². The Morgan fingerprint density at radius 1 is 1.28 bits per heavy atom. The monoisotopic (exact) mass is 348 g/mol. The molecular formula is C19H24O6. The molecule has 25 heavy (non-hydrogen) atoms. The Bertz CT molecular complexity index is 695. The van der Waals surface area contributed by atoms with E-state index in [1.807, 2.05) is 20.8 Å². The molecule has 1 saturated heterocycles. The van der Waals surface area contributed by atoms with Crippen LogP contribution in [-0.4, -0.2) is 33.9 Å². The fraction of sp³-hybridized carbons (Fsp3) is 0.579. The Morgan fingerprint density at radius 2 is 2.00 bits per heavy atom. The Hall–Kier alpha value is -2.08. The third-order valence-electron chi connectivity index (χ3n) is 5.36. The molecule has 0 saturated carbocycles. The van der Waals surface area contributed by atoms with Gasteiger partial charge in [0.15, 0.2) is 0 Å². The van der Waals surface area contributed by atoms with Crippen LogP contribution in [0.4, 0.5) is 0 Å². The molecule has 0 amide bonds. The number of rotatable bonds is 4. The Morgan fingerprint density at radius 3 is 2.60 bits per heavy atom. The van der Waals surface area contributed by atoms with E-state index in [1.54, 1.807) is 12.1 Å². The quantitative estimate of drug-likeness (QED) is 0.865. The molecule has 6 heteroatoms. The summed E-state index contributed by atoms with van der Waals surface area (Å²) in [5, 5.41) is 18.9. The summed E-state index contributed by atoms with van der Waals surface area (Å²) in [6.45, 7) is 5.86. The molecule has 1 aromatic carbocycles. The van der Waals surface area contributed by atoms with Gasteiger partial charge in [0.1, 0.15) is 11.4 Å². The van der Waals surface area contributed by atoms with Crippen molar-refractivity contribution < 1.29 is 29.3 Å². The molecule has 2 aliphatic rings. The number of aliphatic carboxylic acids is 1. The molecule has 1 aromatic rings. The van der Waals surface area contributed by atoms with Gasteiger partial charge in [-0.1, -0.05) is 13.3 Å². The molecule has 6 nitrogen and oxygen atoms in total. The van der Waals surface area contributed by atoms with Gasteiger partial charge in [-0.2, -0.15) is 0 Å². The lowest BCUT2D eigenvalue weighted by Gasteiger charge is -2.50. The Labute approximate surface area is 146 Å². The summed E-state index contributed by atoms with van der Waals surface area (Å²) in [4.78, 5) is 23.0. The number of ether oxygens (including phenoxy) is 2. The molecule has 136 valence electrons. The smallest absolute Gasteiger partial charge is 0.335 e. The summed E-state index contributed by atoms with van der Waals surface area (Å²) in [6.07, 6.45) is 1.21. The minimum atomic E-state index is -1.01. The SMILES string of the molecule is CCC[C@H]1O[C@H]2c3cc(C(=O)O)ccc3OC(C)(C)[C@@H]2C[C@H]1C(=O)O. The van der Waals surface area contributed by atoms with Gasteiger partial charge in [-0.3, -0.25) is 4.79 Å². The summed E-state index contributed by atoms with van der Waals surface area (Å²) in [6, 6.07) is 4.77. The van der Waals surface area contributed by atoms with Crippen molar-refractivity contribution in [2.45, 2.75) is 57.8 Å². The third kappa shape index (κ3) is 3.11. The van der Waals surface area contributed by atoms with Gasteiger partial charge in [-0.25, -0.2) is 4.79 Å². The number of aromatic carboxylic acids is 1. The topological polar surface area (TPSA) is 93.1 Å². The number of carboxylic acids is 2. The summed E-state index contributed by atoms with van der Waals surface area (Å²) >= 11 is 0. The van der Waals surface area contributed by atoms with Gasteiger partial charge in [0, 0.05) is 11.5 Å². The van der Waals surface area contributed by atoms with Crippen LogP contribution in [0.25, 0.3) is 0 Å². The summed E-state index contributed by atoms with van der Waals surface area (Å²) in [5.41, 5.74) is 0.291. The standard InChI is InChI=1S/C19H24O6/c1-4-5-14-12(18(22)23)9-13-16(24-14)11-8-10(17(20)21)6-7-15(11)25-19(13,2)3/h6-8,12-14,16H,4-5,9H2,1-3H3,(H,20,21)(H,22,23)/t12-,13-,14-,16+/m1/s1. The maximum absolute atomic E-state index is 11.7. The van der Waals surface area contributed by atoms with Crippen molar-refractivity contribution in [3.05, 3.63) is 29.3 Å². The van der Waals surface area contributed by atoms with E-state index < -0.39 is 23.5 Å². The van der Waals surface area contributed by atoms with E-state index in [0.717, 1.165) is 6.42 Å². The lowest BCUT2D eigenvalue weighted by Crippen LogP contribution is -2.52. The van der Waals surface area contributed by atoms with E-state index in [2.05, 4.69) is 0 Å². The van der Waals surface area contributed by atoms with E-state index in [9.17, 15) is 19.8 Å². The molecule has 0 aromatic heterocycles. The van der Waals surface area contributed by atoms with Gasteiger partial charge < -0.3 is 19.7 Å². The first-order chi connectivity index (χ1) is 11.7. The van der Waals surface area contributed by atoms with Gasteiger partial charge in [-0.15, -0.1) is 0 Å². The molecule has 0 radical (unpaired) electrons. The molecule has 0 aliphatic carbocycles. The van der Waals surface area contributed by atoms with Crippen LogP contribution in [0.15, 0.2) is 18.2 Å². The van der Waals surface area contributed by atoms with Crippen LogP contribution >= 0.6 is 0 Å². The minimum absolute atomic E-state index is 0.154. The highest BCUT2D eigenvalue weighted by Crippen LogP contribution is 2.52. The van der Waals surface area contributed by atoms with E-state index >= 15 is 0 Å². The van der Waals surface area contributed by atoms with Crippen LogP contribution in [0.5, 0.6) is 5.75 Å². The van der Waals surface area contributed by atoms with Crippen molar-refractivity contribution in [2.24, 2.45) is 11.8 Å². The zero-order valence-electron chi connectivity index (χ0n) is 14.7. The highest BCUT2D eigenvalue weighted by atomic mass is 16.5. The maximum atomic E-state index is 11.7. The van der Waals surface area contributed by atoms with Crippen LogP contribution in [0.3, 0.4) is 0 Å². The molecule has 2 aliphatic heterocycles. The molecule has 4 atom stereocenters. The normalized spacial score (nSPS) is 29.9. The average Bonchev–Trinajstić information content (AvgIpc) is 2.53. The lowest BCUT2D eigenvalue weighted by molar-refractivity contribution is -0.188. The van der Waals surface area contributed by atoms with Crippen LogP contribution in [0, 0.1) is 11.8 Å². The molecule has 0 bridgehead atoms. The Kier molecular flexibility index (Phi) is 4.49. The minimum Gasteiger partial charge on any atom is -0.487 e. The molecule has 2 N–H and O–H groups in total. The summed E-state index contributed by atoms with van der Waals surface area (Å²) in [7, 11) is 0. The summed E-state index contributed by atoms with van der Waals surface area (Å²) in [5.74, 6) is -1.97. The van der Waals surface area contributed by atoms with Crippen molar-refractivity contribution in [3.63, 3.8) is 0 Å². The van der Waals surface area contributed by atoms with Gasteiger partial charge in [-0.05, 0) is 44.9 Å². The van der Waals surface area contributed by atoms with E-state index in [0.29, 0.717) is 24.2 Å². The number of benzene rings is 1. The number of carbonyl (C=O) groups is 2. The second-order valence-electron chi connectivity index (χ2n) is 7.43.